The molecule has 0 spiro atoms. The molecular formula is C15H17N5O4. The van der Waals surface area contributed by atoms with Gasteiger partial charge in [0.2, 0.25) is 5.82 Å². The van der Waals surface area contributed by atoms with E-state index in [1.807, 2.05) is 19.9 Å². The normalized spacial score (nSPS) is 31.3. The molecule has 2 aliphatic rings. The number of fused-ring (bicyclic) bond motifs is 2. The molecule has 4 unspecified atom stereocenters. The first-order valence-electron chi connectivity index (χ1n) is 7.67. The van der Waals surface area contributed by atoms with Crippen molar-refractivity contribution in [1.82, 2.24) is 19.5 Å². The van der Waals surface area contributed by atoms with Crippen LogP contribution in [-0.2, 0) is 14.2 Å². The van der Waals surface area contributed by atoms with Gasteiger partial charge >= 0.3 is 0 Å². The number of imidazole rings is 1. The van der Waals surface area contributed by atoms with Crippen molar-refractivity contribution in [3.05, 3.63) is 17.8 Å². The van der Waals surface area contributed by atoms with Crippen molar-refractivity contribution in [1.29, 1.82) is 5.26 Å². The fourth-order valence-electron chi connectivity index (χ4n) is 3.32. The first kappa shape index (κ1) is 15.4. The smallest absolute Gasteiger partial charge is 0.234 e. The monoisotopic (exact) mass is 331 g/mol. The second-order valence-electron chi connectivity index (χ2n) is 6.38. The molecule has 0 aliphatic carbocycles. The summed E-state index contributed by atoms with van der Waals surface area (Å²) in [7, 11) is 0. The van der Waals surface area contributed by atoms with E-state index in [9.17, 15) is 5.11 Å². The Hall–Kier alpha value is -2.12. The number of nitriles is 1. The SMILES string of the molecule is Cc1nc(C#N)nc2c1ncn2C1OC(CO)C2OC(C)(C)OC21. The average molecular weight is 331 g/mol. The van der Waals surface area contributed by atoms with Gasteiger partial charge in [-0.15, -0.1) is 0 Å². The lowest BCUT2D eigenvalue weighted by molar-refractivity contribution is -0.199. The summed E-state index contributed by atoms with van der Waals surface area (Å²) in [5.74, 6) is -0.692. The number of ether oxygens (including phenoxy) is 3. The first-order chi connectivity index (χ1) is 11.4. The van der Waals surface area contributed by atoms with Crippen LogP contribution in [0.5, 0.6) is 0 Å². The van der Waals surface area contributed by atoms with Gasteiger partial charge in [-0.05, 0) is 20.8 Å². The van der Waals surface area contributed by atoms with Gasteiger partial charge in [0.25, 0.3) is 0 Å². The third-order valence-corrected chi connectivity index (χ3v) is 4.28. The summed E-state index contributed by atoms with van der Waals surface area (Å²) in [6, 6.07) is 1.95. The molecular weight excluding hydrogens is 314 g/mol. The quantitative estimate of drug-likeness (QED) is 0.841. The molecule has 0 saturated carbocycles. The molecule has 0 radical (unpaired) electrons. The number of hydrogen-bond acceptors (Lipinski definition) is 8. The van der Waals surface area contributed by atoms with Gasteiger partial charge in [0, 0.05) is 0 Å². The maximum absolute atomic E-state index is 9.58. The lowest BCUT2D eigenvalue weighted by Gasteiger charge is -2.24. The molecule has 2 aromatic heterocycles. The highest BCUT2D eigenvalue weighted by Crippen LogP contribution is 2.43. The Morgan fingerprint density at radius 3 is 2.79 bits per heavy atom. The van der Waals surface area contributed by atoms with E-state index in [-0.39, 0.29) is 18.5 Å². The van der Waals surface area contributed by atoms with Gasteiger partial charge in [-0.2, -0.15) is 10.2 Å². The lowest BCUT2D eigenvalue weighted by atomic mass is 10.1. The number of aliphatic hydroxyl groups is 1. The van der Waals surface area contributed by atoms with Crippen LogP contribution in [-0.4, -0.2) is 55.3 Å². The second kappa shape index (κ2) is 5.19. The summed E-state index contributed by atoms with van der Waals surface area (Å²) in [5, 5.41) is 18.7. The summed E-state index contributed by atoms with van der Waals surface area (Å²) in [4.78, 5) is 12.7. The van der Waals surface area contributed by atoms with E-state index in [1.165, 1.54) is 0 Å². The number of nitrogens with zero attached hydrogens (tertiary/aromatic N) is 5. The zero-order valence-electron chi connectivity index (χ0n) is 13.5. The van der Waals surface area contributed by atoms with Gasteiger partial charge in [0.15, 0.2) is 17.7 Å². The summed E-state index contributed by atoms with van der Waals surface area (Å²) >= 11 is 0. The molecule has 0 aromatic carbocycles. The van der Waals surface area contributed by atoms with Crippen molar-refractivity contribution in [2.75, 3.05) is 6.61 Å². The van der Waals surface area contributed by atoms with Crippen molar-refractivity contribution in [3.8, 4) is 6.07 Å². The maximum Gasteiger partial charge on any atom is 0.234 e. The van der Waals surface area contributed by atoms with Crippen molar-refractivity contribution in [2.24, 2.45) is 0 Å². The Labute approximate surface area is 137 Å². The van der Waals surface area contributed by atoms with Gasteiger partial charge in [0.05, 0.1) is 18.6 Å². The summed E-state index contributed by atoms with van der Waals surface area (Å²) in [6.45, 7) is 5.24. The highest BCUT2D eigenvalue weighted by molar-refractivity contribution is 5.73. The van der Waals surface area contributed by atoms with Crippen LogP contribution in [0.25, 0.3) is 11.2 Å². The molecule has 2 fully saturated rings. The second-order valence-corrected chi connectivity index (χ2v) is 6.38. The van der Waals surface area contributed by atoms with Crippen LogP contribution in [0.4, 0.5) is 0 Å². The van der Waals surface area contributed by atoms with E-state index < -0.39 is 24.2 Å². The van der Waals surface area contributed by atoms with E-state index >= 15 is 0 Å². The van der Waals surface area contributed by atoms with E-state index in [1.54, 1.807) is 17.8 Å². The van der Waals surface area contributed by atoms with Crippen LogP contribution < -0.4 is 0 Å². The van der Waals surface area contributed by atoms with E-state index in [4.69, 9.17) is 19.5 Å². The molecule has 24 heavy (non-hydrogen) atoms. The molecule has 1 N–H and O–H groups in total. The van der Waals surface area contributed by atoms with Gasteiger partial charge in [-0.25, -0.2) is 9.97 Å². The predicted octanol–water partition coefficient (Wildman–Crippen LogP) is 0.416. The molecule has 4 heterocycles. The molecule has 2 aliphatic heterocycles. The Kier molecular flexibility index (Phi) is 3.33. The number of aliphatic hydroxyl groups excluding tert-OH is 1. The van der Waals surface area contributed by atoms with Crippen molar-refractivity contribution < 1.29 is 19.3 Å². The first-order valence-corrected chi connectivity index (χ1v) is 7.67. The Morgan fingerprint density at radius 1 is 1.33 bits per heavy atom. The predicted molar refractivity (Wildman–Crippen MR) is 79.6 cm³/mol. The van der Waals surface area contributed by atoms with Gasteiger partial charge in [-0.1, -0.05) is 0 Å². The standard InChI is InChI=1S/C15H17N5O4/c1-7-10-13(19-9(4-16)18-7)20(6-17-10)14-12-11(8(5-21)22-14)23-15(2,3)24-12/h6,8,11-12,14,21H,5H2,1-3H3. The molecule has 4 atom stereocenters. The summed E-state index contributed by atoms with van der Waals surface area (Å²) in [6.07, 6.45) is -0.262. The highest BCUT2D eigenvalue weighted by Gasteiger charge is 2.55. The minimum atomic E-state index is -0.760. The van der Waals surface area contributed by atoms with E-state index in [0.29, 0.717) is 16.9 Å². The molecule has 9 nitrogen and oxygen atoms in total. The topological polar surface area (TPSA) is 115 Å². The molecule has 126 valence electrons. The van der Waals surface area contributed by atoms with Crippen molar-refractivity contribution >= 4 is 11.2 Å². The van der Waals surface area contributed by atoms with Crippen LogP contribution in [0.15, 0.2) is 6.33 Å². The molecule has 0 bridgehead atoms. The zero-order chi connectivity index (χ0) is 17.1. The van der Waals surface area contributed by atoms with Crippen LogP contribution >= 0.6 is 0 Å². The minimum Gasteiger partial charge on any atom is -0.394 e. The molecule has 2 aromatic rings. The third-order valence-electron chi connectivity index (χ3n) is 4.28. The van der Waals surface area contributed by atoms with Crippen molar-refractivity contribution in [3.63, 3.8) is 0 Å². The van der Waals surface area contributed by atoms with Crippen LogP contribution in [0.1, 0.15) is 31.6 Å². The molecule has 9 heteroatoms. The lowest BCUT2D eigenvalue weighted by Crippen LogP contribution is -2.31. The fraction of sp³-hybridized carbons (Fsp3) is 0.600. The van der Waals surface area contributed by atoms with E-state index in [0.717, 1.165) is 0 Å². The van der Waals surface area contributed by atoms with Gasteiger partial charge < -0.3 is 19.3 Å². The average Bonchev–Trinajstić information content (AvgIpc) is 3.17. The third kappa shape index (κ3) is 2.19. The number of aromatic nitrogens is 4. The molecule has 2 saturated heterocycles. The van der Waals surface area contributed by atoms with Crippen LogP contribution in [0, 0.1) is 18.3 Å². The Balaban J connectivity index is 1.80. The fourth-order valence-corrected chi connectivity index (χ4v) is 3.32. The van der Waals surface area contributed by atoms with Crippen LogP contribution in [0.2, 0.25) is 0 Å². The maximum atomic E-state index is 9.58. The zero-order valence-corrected chi connectivity index (χ0v) is 13.5. The summed E-state index contributed by atoms with van der Waals surface area (Å²) < 4.78 is 19.4. The number of aryl methyl sites for hydroxylation is 1. The minimum absolute atomic E-state index is 0.0684. The largest absolute Gasteiger partial charge is 0.394 e. The van der Waals surface area contributed by atoms with Crippen LogP contribution in [0.3, 0.4) is 0 Å². The Morgan fingerprint density at radius 2 is 2.08 bits per heavy atom. The van der Waals surface area contributed by atoms with E-state index in [2.05, 4.69) is 15.0 Å². The number of hydrogen-bond donors (Lipinski definition) is 1. The summed E-state index contributed by atoms with van der Waals surface area (Å²) in [5.41, 5.74) is 1.71. The number of rotatable bonds is 2. The Bertz CT molecular complexity index is 842. The highest BCUT2D eigenvalue weighted by atomic mass is 16.8. The molecule has 4 rings (SSSR count). The van der Waals surface area contributed by atoms with Crippen molar-refractivity contribution in [2.45, 2.75) is 51.1 Å². The van der Waals surface area contributed by atoms with Gasteiger partial charge in [-0.3, -0.25) is 4.57 Å². The van der Waals surface area contributed by atoms with Gasteiger partial charge in [0.1, 0.15) is 29.9 Å². The molecule has 0 amide bonds.